The minimum atomic E-state index is -1.09. The highest BCUT2D eigenvalue weighted by molar-refractivity contribution is 7.17. The number of rotatable bonds is 1. The molecule has 0 unspecified atom stereocenters. The van der Waals surface area contributed by atoms with E-state index in [-0.39, 0.29) is 11.0 Å². The molecule has 0 saturated heterocycles. The largest absolute Gasteiger partial charge is 0.476 e. The van der Waals surface area contributed by atoms with Crippen LogP contribution in [0.25, 0.3) is 10.2 Å². The standard InChI is InChI=1S/C7H3ClN2O2S/c8-7-9-3-1-2-13-5(3)4(10-7)6(11)12/h1-2H,(H,11,12). The van der Waals surface area contributed by atoms with Crippen molar-refractivity contribution >= 4 is 39.1 Å². The van der Waals surface area contributed by atoms with E-state index < -0.39 is 5.97 Å². The van der Waals surface area contributed by atoms with E-state index in [0.717, 1.165) is 0 Å². The average molecular weight is 215 g/mol. The number of carboxylic acid groups (broad SMARTS) is 1. The van der Waals surface area contributed by atoms with Gasteiger partial charge < -0.3 is 5.11 Å². The van der Waals surface area contributed by atoms with E-state index in [1.165, 1.54) is 11.3 Å². The Morgan fingerprint density at radius 1 is 1.54 bits per heavy atom. The van der Waals surface area contributed by atoms with Gasteiger partial charge in [0.1, 0.15) is 0 Å². The van der Waals surface area contributed by atoms with Crippen LogP contribution in [0.4, 0.5) is 0 Å². The Hall–Kier alpha value is -1.20. The predicted octanol–water partition coefficient (Wildman–Crippen LogP) is 2.04. The maximum atomic E-state index is 10.7. The predicted molar refractivity (Wildman–Crippen MR) is 49.4 cm³/mol. The molecule has 2 rings (SSSR count). The molecular formula is C7H3ClN2O2S. The molecule has 66 valence electrons. The smallest absolute Gasteiger partial charge is 0.356 e. The van der Waals surface area contributed by atoms with Gasteiger partial charge in [-0.2, -0.15) is 0 Å². The van der Waals surface area contributed by atoms with E-state index in [0.29, 0.717) is 10.2 Å². The summed E-state index contributed by atoms with van der Waals surface area (Å²) < 4.78 is 0.553. The molecule has 2 heterocycles. The second-order valence-corrected chi connectivity index (χ2v) is 3.54. The number of halogens is 1. The van der Waals surface area contributed by atoms with Crippen molar-refractivity contribution in [2.45, 2.75) is 0 Å². The first-order valence-electron chi connectivity index (χ1n) is 3.32. The van der Waals surface area contributed by atoms with Crippen LogP contribution in [0.5, 0.6) is 0 Å². The summed E-state index contributed by atoms with van der Waals surface area (Å²) in [5.74, 6) is -1.09. The van der Waals surface area contributed by atoms with Crippen molar-refractivity contribution in [2.24, 2.45) is 0 Å². The average Bonchev–Trinajstić information content (AvgIpc) is 2.49. The van der Waals surface area contributed by atoms with Crippen LogP contribution >= 0.6 is 22.9 Å². The lowest BCUT2D eigenvalue weighted by Gasteiger charge is -1.95. The molecular weight excluding hydrogens is 212 g/mol. The molecule has 1 N–H and O–H groups in total. The first-order valence-corrected chi connectivity index (χ1v) is 4.58. The summed E-state index contributed by atoms with van der Waals surface area (Å²) in [7, 11) is 0. The Morgan fingerprint density at radius 3 is 3.00 bits per heavy atom. The summed E-state index contributed by atoms with van der Waals surface area (Å²) in [6.45, 7) is 0. The monoisotopic (exact) mass is 214 g/mol. The number of hydrogen-bond donors (Lipinski definition) is 1. The normalized spacial score (nSPS) is 10.5. The molecule has 0 saturated carbocycles. The Kier molecular flexibility index (Phi) is 1.90. The highest BCUT2D eigenvalue weighted by Crippen LogP contribution is 2.23. The van der Waals surface area contributed by atoms with Gasteiger partial charge in [-0.3, -0.25) is 0 Å². The molecule has 0 amide bonds. The minimum Gasteiger partial charge on any atom is -0.476 e. The molecule has 13 heavy (non-hydrogen) atoms. The zero-order valence-corrected chi connectivity index (χ0v) is 7.76. The van der Waals surface area contributed by atoms with Gasteiger partial charge in [-0.1, -0.05) is 0 Å². The second-order valence-electron chi connectivity index (χ2n) is 2.28. The lowest BCUT2D eigenvalue weighted by Crippen LogP contribution is -2.01. The van der Waals surface area contributed by atoms with E-state index in [9.17, 15) is 4.79 Å². The van der Waals surface area contributed by atoms with Crippen LogP contribution in [-0.2, 0) is 0 Å². The van der Waals surface area contributed by atoms with Crippen molar-refractivity contribution < 1.29 is 9.90 Å². The van der Waals surface area contributed by atoms with Crippen LogP contribution in [0.2, 0.25) is 5.28 Å². The zero-order chi connectivity index (χ0) is 9.42. The number of carbonyl (C=O) groups is 1. The summed E-state index contributed by atoms with van der Waals surface area (Å²) >= 11 is 6.83. The fraction of sp³-hybridized carbons (Fsp3) is 0. The van der Waals surface area contributed by atoms with Crippen LogP contribution in [0.15, 0.2) is 11.4 Å². The number of carboxylic acids is 1. The van der Waals surface area contributed by atoms with Gasteiger partial charge in [-0.25, -0.2) is 14.8 Å². The van der Waals surface area contributed by atoms with Crippen molar-refractivity contribution in [1.82, 2.24) is 9.97 Å². The molecule has 0 aromatic carbocycles. The van der Waals surface area contributed by atoms with E-state index in [1.807, 2.05) is 0 Å². The first-order chi connectivity index (χ1) is 6.18. The van der Waals surface area contributed by atoms with Gasteiger partial charge in [-0.15, -0.1) is 11.3 Å². The van der Waals surface area contributed by atoms with E-state index >= 15 is 0 Å². The van der Waals surface area contributed by atoms with Crippen molar-refractivity contribution in [3.05, 3.63) is 22.4 Å². The summed E-state index contributed by atoms with van der Waals surface area (Å²) in [5.41, 5.74) is 0.535. The Balaban J connectivity index is 2.84. The molecule has 0 aliphatic carbocycles. The molecule has 2 aromatic heterocycles. The van der Waals surface area contributed by atoms with Crippen LogP contribution in [0, 0.1) is 0 Å². The number of hydrogen-bond acceptors (Lipinski definition) is 4. The van der Waals surface area contributed by atoms with Gasteiger partial charge in [0.05, 0.1) is 10.2 Å². The topological polar surface area (TPSA) is 63.1 Å². The number of fused-ring (bicyclic) bond motifs is 1. The Labute approximate surface area is 81.8 Å². The maximum Gasteiger partial charge on any atom is 0.356 e. The lowest BCUT2D eigenvalue weighted by atomic mass is 10.3. The van der Waals surface area contributed by atoms with Gasteiger partial charge in [-0.05, 0) is 23.0 Å². The molecule has 0 radical (unpaired) electrons. The van der Waals surface area contributed by atoms with Crippen molar-refractivity contribution in [3.63, 3.8) is 0 Å². The number of thiophene rings is 1. The first kappa shape index (κ1) is 8.40. The molecule has 0 bridgehead atoms. The molecule has 6 heteroatoms. The second kappa shape index (κ2) is 2.93. The quantitative estimate of drug-likeness (QED) is 0.738. The van der Waals surface area contributed by atoms with E-state index in [1.54, 1.807) is 11.4 Å². The van der Waals surface area contributed by atoms with Crippen molar-refractivity contribution in [2.75, 3.05) is 0 Å². The van der Waals surface area contributed by atoms with Crippen LogP contribution < -0.4 is 0 Å². The van der Waals surface area contributed by atoms with Gasteiger partial charge in [0.25, 0.3) is 0 Å². The van der Waals surface area contributed by atoms with Gasteiger partial charge >= 0.3 is 5.97 Å². The van der Waals surface area contributed by atoms with Crippen LogP contribution in [0.3, 0.4) is 0 Å². The minimum absolute atomic E-state index is 0.0370. The molecule has 4 nitrogen and oxygen atoms in total. The molecule has 0 atom stereocenters. The summed E-state index contributed by atoms with van der Waals surface area (Å²) in [5, 5.41) is 10.5. The Bertz CT molecular complexity index is 482. The highest BCUT2D eigenvalue weighted by Gasteiger charge is 2.13. The number of nitrogens with zero attached hydrogens (tertiary/aromatic N) is 2. The van der Waals surface area contributed by atoms with E-state index in [2.05, 4.69) is 9.97 Å². The third-order valence-corrected chi connectivity index (χ3v) is 2.56. The van der Waals surface area contributed by atoms with Crippen molar-refractivity contribution in [3.8, 4) is 0 Å². The molecule has 0 aliphatic heterocycles. The fourth-order valence-electron chi connectivity index (χ4n) is 0.980. The summed E-state index contributed by atoms with van der Waals surface area (Å²) in [6, 6.07) is 1.71. The highest BCUT2D eigenvalue weighted by atomic mass is 35.5. The zero-order valence-electron chi connectivity index (χ0n) is 6.19. The number of aromatic carboxylic acids is 1. The molecule has 2 aromatic rings. The third-order valence-electron chi connectivity index (χ3n) is 1.48. The maximum absolute atomic E-state index is 10.7. The molecule has 0 aliphatic rings. The summed E-state index contributed by atoms with van der Waals surface area (Å²) in [6.07, 6.45) is 0. The third kappa shape index (κ3) is 1.36. The van der Waals surface area contributed by atoms with Crippen LogP contribution in [-0.4, -0.2) is 21.0 Å². The van der Waals surface area contributed by atoms with Gasteiger partial charge in [0.2, 0.25) is 5.28 Å². The summed E-state index contributed by atoms with van der Waals surface area (Å²) in [4.78, 5) is 18.2. The SMILES string of the molecule is O=C(O)c1nc(Cl)nc2ccsc12. The van der Waals surface area contributed by atoms with Gasteiger partial charge in [0, 0.05) is 0 Å². The fourth-order valence-corrected chi connectivity index (χ4v) is 1.97. The van der Waals surface area contributed by atoms with Gasteiger partial charge in [0.15, 0.2) is 5.69 Å². The molecule has 0 fully saturated rings. The number of aromatic nitrogens is 2. The lowest BCUT2D eigenvalue weighted by molar-refractivity contribution is 0.0693. The van der Waals surface area contributed by atoms with Crippen molar-refractivity contribution in [1.29, 1.82) is 0 Å². The molecule has 0 spiro atoms. The van der Waals surface area contributed by atoms with E-state index in [4.69, 9.17) is 16.7 Å². The van der Waals surface area contributed by atoms with Crippen LogP contribution in [0.1, 0.15) is 10.5 Å². The Morgan fingerprint density at radius 2 is 2.31 bits per heavy atom.